The molecule has 0 bridgehead atoms. The number of allylic oxidation sites excluding steroid dienone is 1. The zero-order chi connectivity index (χ0) is 23.8. The van der Waals surface area contributed by atoms with Crippen LogP contribution >= 0.6 is 11.8 Å². The largest absolute Gasteiger partial charge is 0.362 e. The number of aliphatic imine (C=N–C) groups is 1. The molecule has 0 aliphatic carbocycles. The molecular formula is C28H33N3OS. The molecule has 1 saturated heterocycles. The molecule has 0 spiro atoms. The van der Waals surface area contributed by atoms with E-state index in [2.05, 4.69) is 87.1 Å². The average Bonchev–Trinajstić information content (AvgIpc) is 3.11. The van der Waals surface area contributed by atoms with E-state index >= 15 is 0 Å². The van der Waals surface area contributed by atoms with Crippen LogP contribution in [0, 0.1) is 6.92 Å². The van der Waals surface area contributed by atoms with Crippen LogP contribution in [0.5, 0.6) is 0 Å². The van der Waals surface area contributed by atoms with E-state index in [4.69, 9.17) is 0 Å². The molecule has 172 valence electrons. The first-order chi connectivity index (χ1) is 15.7. The Balaban J connectivity index is 1.65. The molecule has 0 unspecified atom stereocenters. The van der Waals surface area contributed by atoms with Gasteiger partial charge in [-0.1, -0.05) is 32.1 Å². The van der Waals surface area contributed by atoms with Gasteiger partial charge in [-0.2, -0.15) is 0 Å². The molecule has 4 nitrogen and oxygen atoms in total. The second-order valence-corrected chi connectivity index (χ2v) is 10.4. The minimum absolute atomic E-state index is 0.0125. The molecule has 33 heavy (non-hydrogen) atoms. The molecule has 2 aliphatic rings. The molecule has 0 aromatic heterocycles. The minimum atomic E-state index is -0.0953. The Morgan fingerprint density at radius 3 is 2.52 bits per heavy atom. The molecule has 5 heteroatoms. The van der Waals surface area contributed by atoms with Crippen LogP contribution in [0.25, 0.3) is 11.6 Å². The fourth-order valence-corrected chi connectivity index (χ4v) is 5.41. The zero-order valence-electron chi connectivity index (χ0n) is 20.5. The lowest BCUT2D eigenvalue weighted by Crippen LogP contribution is -2.45. The third-order valence-electron chi connectivity index (χ3n) is 6.33. The summed E-state index contributed by atoms with van der Waals surface area (Å²) in [6, 6.07) is 12.6. The molecule has 2 aliphatic heterocycles. The number of carbonyl (C=O) groups is 1. The number of fused-ring (bicyclic) bond motifs is 1. The average molecular weight is 460 g/mol. The van der Waals surface area contributed by atoms with Crippen LogP contribution in [-0.4, -0.2) is 23.2 Å². The van der Waals surface area contributed by atoms with Crippen molar-refractivity contribution >= 4 is 45.9 Å². The van der Waals surface area contributed by atoms with Gasteiger partial charge in [-0.3, -0.25) is 4.79 Å². The lowest BCUT2D eigenvalue weighted by Gasteiger charge is -2.43. The van der Waals surface area contributed by atoms with Crippen LogP contribution in [0.1, 0.15) is 63.3 Å². The summed E-state index contributed by atoms with van der Waals surface area (Å²) in [4.78, 5) is 20.4. The van der Waals surface area contributed by atoms with E-state index in [1.165, 1.54) is 39.7 Å². The first-order valence-corrected chi connectivity index (χ1v) is 12.5. The number of hydrogen-bond acceptors (Lipinski definition) is 4. The van der Waals surface area contributed by atoms with Crippen molar-refractivity contribution in [3.8, 4) is 0 Å². The summed E-state index contributed by atoms with van der Waals surface area (Å²) in [5.74, 6) is -0.0953. The van der Waals surface area contributed by atoms with E-state index in [1.807, 2.05) is 18.2 Å². The third kappa shape index (κ3) is 4.79. The summed E-state index contributed by atoms with van der Waals surface area (Å²) >= 11 is 1.40. The maximum Gasteiger partial charge on any atom is 0.264 e. The molecular weight excluding hydrogens is 426 g/mol. The van der Waals surface area contributed by atoms with E-state index in [1.54, 1.807) is 0 Å². The van der Waals surface area contributed by atoms with Gasteiger partial charge in [0.2, 0.25) is 0 Å². The number of nitrogens with one attached hydrogen (secondary N) is 1. The van der Waals surface area contributed by atoms with Crippen LogP contribution in [0.15, 0.2) is 52.4 Å². The highest BCUT2D eigenvalue weighted by molar-refractivity contribution is 8.18. The molecule has 1 amide bonds. The zero-order valence-corrected chi connectivity index (χ0v) is 21.3. The van der Waals surface area contributed by atoms with E-state index in [0.29, 0.717) is 10.1 Å². The summed E-state index contributed by atoms with van der Waals surface area (Å²) in [6.45, 7) is 14.2. The summed E-state index contributed by atoms with van der Waals surface area (Å²) in [7, 11) is 0. The summed E-state index contributed by atoms with van der Waals surface area (Å²) in [6.07, 6.45) is 6.44. The van der Waals surface area contributed by atoms with E-state index in [-0.39, 0.29) is 11.4 Å². The summed E-state index contributed by atoms with van der Waals surface area (Å²) < 4.78 is 0. The van der Waals surface area contributed by atoms with Gasteiger partial charge in [0.05, 0.1) is 16.1 Å². The summed E-state index contributed by atoms with van der Waals surface area (Å²) in [5.41, 5.74) is 8.16. The highest BCUT2D eigenvalue weighted by Gasteiger charge is 2.31. The molecule has 2 aromatic carbocycles. The van der Waals surface area contributed by atoms with Gasteiger partial charge < -0.3 is 10.2 Å². The maximum atomic E-state index is 12.7. The number of aryl methyl sites for hydroxylation is 2. The van der Waals surface area contributed by atoms with Crippen molar-refractivity contribution < 1.29 is 4.79 Å². The lowest BCUT2D eigenvalue weighted by molar-refractivity contribution is -0.115. The smallest absolute Gasteiger partial charge is 0.264 e. The highest BCUT2D eigenvalue weighted by atomic mass is 32.2. The molecule has 1 fully saturated rings. The van der Waals surface area contributed by atoms with Crippen LogP contribution in [0.4, 0.5) is 11.4 Å². The van der Waals surface area contributed by atoms with Crippen molar-refractivity contribution in [2.24, 2.45) is 4.99 Å². The van der Waals surface area contributed by atoms with Crippen LogP contribution < -0.4 is 10.2 Å². The number of nitrogens with zero attached hydrogens (tertiary/aromatic N) is 2. The molecule has 0 radical (unpaired) electrons. The van der Waals surface area contributed by atoms with Gasteiger partial charge in [0, 0.05) is 17.8 Å². The second kappa shape index (κ2) is 9.22. The Morgan fingerprint density at radius 1 is 1.12 bits per heavy atom. The molecule has 4 rings (SSSR count). The van der Waals surface area contributed by atoms with Gasteiger partial charge in [-0.05, 0) is 105 Å². The van der Waals surface area contributed by atoms with Crippen molar-refractivity contribution in [3.63, 3.8) is 0 Å². The number of benzene rings is 2. The monoisotopic (exact) mass is 459 g/mol. The van der Waals surface area contributed by atoms with Crippen molar-refractivity contribution in [3.05, 3.63) is 69.6 Å². The van der Waals surface area contributed by atoms with E-state index < -0.39 is 0 Å². The minimum Gasteiger partial charge on any atom is -0.362 e. The Hall–Kier alpha value is -2.79. The molecule has 2 aromatic rings. The Labute approximate surface area is 201 Å². The Bertz CT molecular complexity index is 1170. The maximum absolute atomic E-state index is 12.7. The number of carbonyl (C=O) groups excluding carboxylic acids is 1. The van der Waals surface area contributed by atoms with Crippen molar-refractivity contribution in [2.45, 2.75) is 59.9 Å². The normalized spacial score (nSPS) is 19.6. The third-order valence-corrected chi connectivity index (χ3v) is 7.24. The first-order valence-electron chi connectivity index (χ1n) is 11.7. The second-order valence-electron chi connectivity index (χ2n) is 9.36. The van der Waals surface area contributed by atoms with Crippen LogP contribution in [0.3, 0.4) is 0 Å². The predicted octanol–water partition coefficient (Wildman–Crippen LogP) is 6.86. The van der Waals surface area contributed by atoms with Crippen molar-refractivity contribution in [1.82, 2.24) is 5.32 Å². The predicted molar refractivity (Wildman–Crippen MR) is 143 cm³/mol. The van der Waals surface area contributed by atoms with Gasteiger partial charge in [-0.25, -0.2) is 4.99 Å². The van der Waals surface area contributed by atoms with Gasteiger partial charge in [0.15, 0.2) is 5.17 Å². The Morgan fingerprint density at radius 2 is 1.85 bits per heavy atom. The number of hydrogen-bond donors (Lipinski definition) is 1. The van der Waals surface area contributed by atoms with Crippen molar-refractivity contribution in [2.75, 3.05) is 11.4 Å². The van der Waals surface area contributed by atoms with Crippen molar-refractivity contribution in [1.29, 1.82) is 0 Å². The van der Waals surface area contributed by atoms with Gasteiger partial charge in [0.1, 0.15) is 0 Å². The number of amidine groups is 1. The number of anilines is 1. The van der Waals surface area contributed by atoms with E-state index in [9.17, 15) is 4.79 Å². The van der Waals surface area contributed by atoms with Crippen LogP contribution in [0.2, 0.25) is 0 Å². The highest BCUT2D eigenvalue weighted by Crippen LogP contribution is 2.41. The van der Waals surface area contributed by atoms with Gasteiger partial charge in [0.25, 0.3) is 5.91 Å². The lowest BCUT2D eigenvalue weighted by atomic mass is 9.86. The van der Waals surface area contributed by atoms with Crippen LogP contribution in [-0.2, 0) is 11.2 Å². The number of amides is 1. The molecule has 1 N–H and O–H groups in total. The molecule has 2 heterocycles. The topological polar surface area (TPSA) is 44.7 Å². The quantitative estimate of drug-likeness (QED) is 0.497. The van der Waals surface area contributed by atoms with E-state index in [0.717, 1.165) is 30.6 Å². The van der Waals surface area contributed by atoms with Gasteiger partial charge in [-0.15, -0.1) is 0 Å². The molecule has 0 saturated carbocycles. The first kappa shape index (κ1) is 23.4. The number of rotatable bonds is 5. The Kier molecular flexibility index (Phi) is 6.53. The van der Waals surface area contributed by atoms with Gasteiger partial charge >= 0.3 is 0 Å². The fraction of sp³-hybridized carbons (Fsp3) is 0.357. The fourth-order valence-electron chi connectivity index (χ4n) is 4.58. The SMILES string of the molecule is CCCN1c2cc(C)c(/C=C3/SC(=Nc4ccc(CC)cc4)NC3=O)cc2C(C)=CC1(C)C. The number of thioether (sulfide) groups is 1. The molecule has 0 atom stereocenters. The summed E-state index contributed by atoms with van der Waals surface area (Å²) in [5, 5.41) is 3.54. The standard InChI is InChI=1S/C28H33N3OS/c1-7-13-31-24-14-18(3)21(15-23(24)19(4)17-28(31,5)6)16-25-26(32)30-27(33-25)29-22-11-9-20(8-2)10-12-22/h9-12,14-17H,7-8,13H2,1-6H3,(H,29,30,32)/b25-16+.